The van der Waals surface area contributed by atoms with E-state index in [1.165, 1.54) is 0 Å². The van der Waals surface area contributed by atoms with E-state index in [-0.39, 0.29) is 60.8 Å². The maximum atomic E-state index is 13.8. The second-order valence-corrected chi connectivity index (χ2v) is 10.2. The molecule has 33 heavy (non-hydrogen) atoms. The van der Waals surface area contributed by atoms with E-state index < -0.39 is 10.6 Å². The molecule has 1 aliphatic carbocycles. The third-order valence-electron chi connectivity index (χ3n) is 7.64. The topological polar surface area (TPSA) is 131 Å². The minimum Gasteiger partial charge on any atom is -0.632 e. The number of ether oxygens (including phenoxy) is 1. The fourth-order valence-corrected chi connectivity index (χ4v) is 6.03. The molecule has 2 unspecified atom stereocenters. The van der Waals surface area contributed by atoms with Crippen molar-refractivity contribution in [3.05, 3.63) is 29.5 Å². The van der Waals surface area contributed by atoms with E-state index >= 15 is 0 Å². The second kappa shape index (κ2) is 8.70. The number of carbonyl (C=O) groups excluding carboxylic acids is 2. The number of anilines is 2. The second-order valence-electron chi connectivity index (χ2n) is 10.2. The lowest BCUT2D eigenvalue weighted by atomic mass is 9.63. The number of hydroxylamine groups is 3. The molecule has 0 aromatic heterocycles. The number of likely N-dealkylation sites (tertiary alicyclic amines) is 1. The van der Waals surface area contributed by atoms with Crippen LogP contribution < -0.4 is 10.6 Å². The summed E-state index contributed by atoms with van der Waals surface area (Å²) in [6, 6.07) is 6.54. The van der Waals surface area contributed by atoms with Crippen molar-refractivity contribution in [3.63, 3.8) is 0 Å². The fraction of sp³-hybridized carbons (Fsp3) is 0.625. The first-order valence-electron chi connectivity index (χ1n) is 11.7. The van der Waals surface area contributed by atoms with Crippen molar-refractivity contribution in [2.24, 2.45) is 5.41 Å². The zero-order chi connectivity index (χ0) is 23.9. The minimum atomic E-state index is -0.929. The van der Waals surface area contributed by atoms with Gasteiger partial charge in [-0.25, -0.2) is 0 Å². The average molecular weight is 460 g/mol. The number of epoxide rings is 1. The van der Waals surface area contributed by atoms with Gasteiger partial charge < -0.3 is 30.3 Å². The fourth-order valence-electron chi connectivity index (χ4n) is 6.03. The molecule has 2 heterocycles. The van der Waals surface area contributed by atoms with Crippen LogP contribution in [0, 0.1) is 10.6 Å². The summed E-state index contributed by atoms with van der Waals surface area (Å²) in [6.45, 7) is 4.61. The van der Waals surface area contributed by atoms with E-state index in [4.69, 9.17) is 9.84 Å². The van der Waals surface area contributed by atoms with Gasteiger partial charge in [-0.15, -0.1) is 0 Å². The highest BCUT2D eigenvalue weighted by Crippen LogP contribution is 2.61. The van der Waals surface area contributed by atoms with Crippen molar-refractivity contribution in [2.75, 3.05) is 23.7 Å². The van der Waals surface area contributed by atoms with Crippen LogP contribution in [-0.2, 0) is 19.1 Å². The molecule has 4 rings (SSSR count). The molecule has 0 radical (unpaired) electrons. The molecule has 5 atom stereocenters. The number of carbonyl (C=O) groups is 3. The summed E-state index contributed by atoms with van der Waals surface area (Å²) in [6.07, 6.45) is 3.87. The Labute approximate surface area is 193 Å². The molecule has 2 amide bonds. The molecule has 0 bridgehead atoms. The smallest absolute Gasteiger partial charge is 0.303 e. The van der Waals surface area contributed by atoms with Gasteiger partial charge in [-0.3, -0.25) is 14.4 Å². The Morgan fingerprint density at radius 2 is 1.73 bits per heavy atom. The summed E-state index contributed by atoms with van der Waals surface area (Å²) < 4.78 is 5.50. The number of hydrogen-bond donors (Lipinski definition) is 3. The van der Waals surface area contributed by atoms with Gasteiger partial charge in [0, 0.05) is 36.1 Å². The summed E-state index contributed by atoms with van der Waals surface area (Å²) in [5.41, 5.74) is 0.833. The standard InChI is InChI=1S/C24H33N3O6/c1-23-12-4-14-27(32,18(23)11-13-24(2)22(23)33-24)15-20(29)26-17-9-7-16(8-10-17)25-19(28)5-3-6-21(30)31/h7-10,18,22H,3-6,11-15H2,1-2H3,(H,25,28)(H,26,29)(H,30,31)/t18-,22?,23+,24-,27?/m0/s1. The third kappa shape index (κ3) is 4.90. The summed E-state index contributed by atoms with van der Waals surface area (Å²) in [5, 5.41) is 28.0. The van der Waals surface area contributed by atoms with Crippen molar-refractivity contribution >= 4 is 29.2 Å². The number of carboxylic acids is 1. The first kappa shape index (κ1) is 23.7. The molecule has 180 valence electrons. The van der Waals surface area contributed by atoms with Crippen LogP contribution in [-0.4, -0.2) is 58.4 Å². The lowest BCUT2D eigenvalue weighted by molar-refractivity contribution is -0.913. The monoisotopic (exact) mass is 459 g/mol. The normalized spacial score (nSPS) is 34.5. The highest BCUT2D eigenvalue weighted by Gasteiger charge is 2.70. The van der Waals surface area contributed by atoms with Crippen LogP contribution in [0.3, 0.4) is 0 Å². The maximum Gasteiger partial charge on any atom is 0.303 e. The number of nitrogens with zero attached hydrogens (tertiary/aromatic N) is 1. The van der Waals surface area contributed by atoms with Gasteiger partial charge in [-0.1, -0.05) is 6.92 Å². The van der Waals surface area contributed by atoms with Gasteiger partial charge in [0.1, 0.15) is 0 Å². The molecule has 1 saturated carbocycles. The predicted octanol–water partition coefficient (Wildman–Crippen LogP) is 3.25. The number of benzene rings is 1. The largest absolute Gasteiger partial charge is 0.632 e. The Morgan fingerprint density at radius 1 is 1.09 bits per heavy atom. The number of aliphatic carboxylic acids is 1. The van der Waals surface area contributed by atoms with Crippen molar-refractivity contribution < 1.29 is 28.9 Å². The van der Waals surface area contributed by atoms with E-state index in [0.717, 1.165) is 25.7 Å². The molecule has 9 heteroatoms. The van der Waals surface area contributed by atoms with Gasteiger partial charge in [0.05, 0.1) is 24.3 Å². The van der Waals surface area contributed by atoms with Crippen molar-refractivity contribution in [1.82, 2.24) is 0 Å². The van der Waals surface area contributed by atoms with Crippen LogP contribution >= 0.6 is 0 Å². The summed E-state index contributed by atoms with van der Waals surface area (Å²) in [7, 11) is 0. The van der Waals surface area contributed by atoms with Crippen LogP contribution in [0.25, 0.3) is 0 Å². The summed E-state index contributed by atoms with van der Waals surface area (Å²) in [4.78, 5) is 35.2. The third-order valence-corrected chi connectivity index (χ3v) is 7.64. The molecule has 0 spiro atoms. The van der Waals surface area contributed by atoms with Gasteiger partial charge in [-0.05, 0) is 56.9 Å². The number of quaternary nitrogens is 1. The molecule has 3 N–H and O–H groups in total. The first-order valence-corrected chi connectivity index (χ1v) is 11.7. The van der Waals surface area contributed by atoms with Crippen molar-refractivity contribution in [1.29, 1.82) is 0 Å². The first-order chi connectivity index (χ1) is 15.5. The highest BCUT2D eigenvalue weighted by atomic mass is 16.6. The highest BCUT2D eigenvalue weighted by molar-refractivity contribution is 5.93. The molecule has 9 nitrogen and oxygen atoms in total. The quantitative estimate of drug-likeness (QED) is 0.311. The van der Waals surface area contributed by atoms with Gasteiger partial charge in [-0.2, -0.15) is 0 Å². The van der Waals surface area contributed by atoms with E-state index in [2.05, 4.69) is 24.5 Å². The van der Waals surface area contributed by atoms with Crippen LogP contribution in [0.4, 0.5) is 11.4 Å². The number of amides is 2. The van der Waals surface area contributed by atoms with Crippen LogP contribution in [0.2, 0.25) is 0 Å². The summed E-state index contributed by atoms with van der Waals surface area (Å²) in [5.74, 6) is -1.51. The molecular weight excluding hydrogens is 426 g/mol. The molecule has 1 aromatic carbocycles. The van der Waals surface area contributed by atoms with Crippen molar-refractivity contribution in [3.8, 4) is 0 Å². The number of piperidine rings is 1. The average Bonchev–Trinajstić information content (AvgIpc) is 3.42. The van der Waals surface area contributed by atoms with Crippen LogP contribution in [0.15, 0.2) is 24.3 Å². The number of hydrogen-bond acceptors (Lipinski definition) is 5. The van der Waals surface area contributed by atoms with Gasteiger partial charge in [0.2, 0.25) is 5.91 Å². The number of carboxylic acid groups (broad SMARTS) is 1. The van der Waals surface area contributed by atoms with Crippen molar-refractivity contribution in [2.45, 2.75) is 76.5 Å². The molecule has 2 aliphatic heterocycles. The number of fused-ring (bicyclic) bond motifs is 3. The van der Waals surface area contributed by atoms with Crippen LogP contribution in [0.1, 0.15) is 58.8 Å². The molecule has 3 aliphatic rings. The Morgan fingerprint density at radius 3 is 2.36 bits per heavy atom. The Balaban J connectivity index is 1.31. The van der Waals surface area contributed by atoms with Gasteiger partial charge >= 0.3 is 5.97 Å². The lowest BCUT2D eigenvalue weighted by Gasteiger charge is -2.59. The Bertz CT molecular complexity index is 937. The number of nitrogens with one attached hydrogen (secondary N) is 2. The minimum absolute atomic E-state index is 0.0505. The number of rotatable bonds is 8. The van der Waals surface area contributed by atoms with E-state index in [9.17, 15) is 19.6 Å². The van der Waals surface area contributed by atoms with Crippen LogP contribution in [0.5, 0.6) is 0 Å². The van der Waals surface area contributed by atoms with Gasteiger partial charge in [0.15, 0.2) is 6.54 Å². The van der Waals surface area contributed by atoms with E-state index in [0.29, 0.717) is 17.9 Å². The zero-order valence-corrected chi connectivity index (χ0v) is 19.3. The summed E-state index contributed by atoms with van der Waals surface area (Å²) >= 11 is 0. The molecule has 3 fully saturated rings. The zero-order valence-electron chi connectivity index (χ0n) is 19.3. The maximum absolute atomic E-state index is 13.8. The Kier molecular flexibility index (Phi) is 6.24. The van der Waals surface area contributed by atoms with Gasteiger partial charge in [0.25, 0.3) is 5.91 Å². The lowest BCUT2D eigenvalue weighted by Crippen LogP contribution is -2.66. The SMILES string of the molecule is C[C@@]12CCC[N+]([O-])(CC(=O)Nc3ccc(NC(=O)CCCC(=O)O)cc3)[C@H]1CC[C@]1(C)OC21. The molecular formula is C24H33N3O6. The molecule has 1 aromatic rings. The molecule has 2 saturated heterocycles. The van der Waals surface area contributed by atoms with E-state index in [1.807, 2.05) is 0 Å². The Hall–Kier alpha value is -2.49. The predicted molar refractivity (Wildman–Crippen MR) is 122 cm³/mol. The van der Waals surface area contributed by atoms with E-state index in [1.54, 1.807) is 24.3 Å².